The van der Waals surface area contributed by atoms with E-state index in [1.165, 1.54) is 11.3 Å². The van der Waals surface area contributed by atoms with E-state index in [0.717, 1.165) is 21.6 Å². The first kappa shape index (κ1) is 12.8. The molecule has 1 heterocycles. The van der Waals surface area contributed by atoms with E-state index in [9.17, 15) is 13.2 Å². The number of hydrogen-bond acceptors (Lipinski definition) is 4. The molecule has 0 aliphatic carbocycles. The first-order valence-corrected chi connectivity index (χ1v) is 6.10. The second kappa shape index (κ2) is 5.18. The lowest BCUT2D eigenvalue weighted by molar-refractivity contribution is -0.195. The molecule has 0 amide bonds. The fraction of sp³-hybridized carbons (Fsp3) is 0.625. The maximum atomic E-state index is 11.9. The van der Waals surface area contributed by atoms with Gasteiger partial charge in [-0.2, -0.15) is 24.9 Å². The van der Waals surface area contributed by atoms with Gasteiger partial charge in [-0.25, -0.2) is 4.98 Å². The van der Waals surface area contributed by atoms with Crippen LogP contribution in [-0.2, 0) is 5.75 Å². The molecule has 1 aromatic rings. The van der Waals surface area contributed by atoms with Gasteiger partial charge in [0.2, 0.25) is 0 Å². The standard InChI is InChI=1S/C8H10F3NOS2/c1-5-2-12-7(15-5)4-14-3-6(13)8(9,10)11/h2,6,13H,3-4H2,1H3/t6-/m0/s1. The molecular formula is C8H10F3NOS2. The third-order valence-corrected chi connectivity index (χ3v) is 3.67. The topological polar surface area (TPSA) is 33.1 Å². The highest BCUT2D eigenvalue weighted by Crippen LogP contribution is 2.25. The summed E-state index contributed by atoms with van der Waals surface area (Å²) in [5.74, 6) is 0.0633. The van der Waals surface area contributed by atoms with Crippen LogP contribution >= 0.6 is 23.1 Å². The minimum absolute atomic E-state index is 0.345. The number of aliphatic hydroxyl groups is 1. The molecule has 2 nitrogen and oxygen atoms in total. The number of halogens is 3. The van der Waals surface area contributed by atoms with Crippen molar-refractivity contribution in [3.8, 4) is 0 Å². The number of rotatable bonds is 4. The molecule has 0 aromatic carbocycles. The highest BCUT2D eigenvalue weighted by molar-refractivity contribution is 7.98. The van der Waals surface area contributed by atoms with Crippen LogP contribution in [0.25, 0.3) is 0 Å². The predicted octanol–water partition coefficient (Wildman–Crippen LogP) is 2.61. The van der Waals surface area contributed by atoms with Crippen LogP contribution in [0.1, 0.15) is 9.88 Å². The van der Waals surface area contributed by atoms with Crippen LogP contribution in [0.2, 0.25) is 0 Å². The van der Waals surface area contributed by atoms with Crippen LogP contribution in [0.3, 0.4) is 0 Å². The molecule has 0 bridgehead atoms. The number of hydrogen-bond donors (Lipinski definition) is 1. The van der Waals surface area contributed by atoms with Crippen molar-refractivity contribution in [1.29, 1.82) is 0 Å². The largest absolute Gasteiger partial charge is 0.415 e. The van der Waals surface area contributed by atoms with E-state index in [-0.39, 0.29) is 5.75 Å². The molecule has 0 spiro atoms. The SMILES string of the molecule is Cc1cnc(CSC[C@H](O)C(F)(F)F)s1. The molecule has 0 aliphatic heterocycles. The lowest BCUT2D eigenvalue weighted by atomic mass is 10.4. The minimum Gasteiger partial charge on any atom is -0.383 e. The number of thiazole rings is 1. The summed E-state index contributed by atoms with van der Waals surface area (Å²) in [5, 5.41) is 9.49. The average Bonchev–Trinajstić information content (AvgIpc) is 2.49. The zero-order chi connectivity index (χ0) is 11.5. The number of aromatic nitrogens is 1. The average molecular weight is 257 g/mol. The summed E-state index contributed by atoms with van der Waals surface area (Å²) in [6.07, 6.45) is -5.09. The van der Waals surface area contributed by atoms with E-state index in [1.807, 2.05) is 6.92 Å². The number of aliphatic hydroxyl groups excluding tert-OH is 1. The Kier molecular flexibility index (Phi) is 4.42. The van der Waals surface area contributed by atoms with Gasteiger partial charge in [-0.1, -0.05) is 0 Å². The first-order chi connectivity index (χ1) is 6.89. The van der Waals surface area contributed by atoms with Crippen molar-refractivity contribution in [1.82, 2.24) is 4.98 Å². The van der Waals surface area contributed by atoms with E-state index in [2.05, 4.69) is 4.98 Å². The fourth-order valence-electron chi connectivity index (χ4n) is 0.821. The Bertz CT molecular complexity index is 313. The number of aryl methyl sites for hydroxylation is 1. The van der Waals surface area contributed by atoms with Crippen molar-refractivity contribution in [3.05, 3.63) is 16.1 Å². The molecular weight excluding hydrogens is 247 g/mol. The third-order valence-electron chi connectivity index (χ3n) is 1.55. The molecule has 7 heteroatoms. The molecule has 0 saturated carbocycles. The minimum atomic E-state index is -4.52. The molecule has 0 aliphatic rings. The molecule has 0 unspecified atom stereocenters. The zero-order valence-corrected chi connectivity index (χ0v) is 9.55. The van der Waals surface area contributed by atoms with Crippen LogP contribution < -0.4 is 0 Å². The molecule has 1 aromatic heterocycles. The summed E-state index contributed by atoms with van der Waals surface area (Å²) in [7, 11) is 0. The molecule has 0 fully saturated rings. The van der Waals surface area contributed by atoms with Crippen molar-refractivity contribution in [2.24, 2.45) is 0 Å². The van der Waals surface area contributed by atoms with Gasteiger partial charge in [0, 0.05) is 22.6 Å². The molecule has 1 atom stereocenters. The van der Waals surface area contributed by atoms with Crippen molar-refractivity contribution < 1.29 is 18.3 Å². The van der Waals surface area contributed by atoms with E-state index in [4.69, 9.17) is 5.11 Å². The summed E-state index contributed by atoms with van der Waals surface area (Å²) in [6, 6.07) is 0. The van der Waals surface area contributed by atoms with Crippen LogP contribution in [-0.4, -0.2) is 28.1 Å². The maximum Gasteiger partial charge on any atom is 0.415 e. The lowest BCUT2D eigenvalue weighted by Gasteiger charge is -2.13. The van der Waals surface area contributed by atoms with Crippen molar-refractivity contribution in [2.75, 3.05) is 5.75 Å². The molecule has 86 valence electrons. The van der Waals surface area contributed by atoms with E-state index >= 15 is 0 Å². The van der Waals surface area contributed by atoms with Crippen LogP contribution in [0.15, 0.2) is 6.20 Å². The van der Waals surface area contributed by atoms with Gasteiger partial charge in [-0.05, 0) is 6.92 Å². The summed E-state index contributed by atoms with van der Waals surface area (Å²) >= 11 is 2.48. The van der Waals surface area contributed by atoms with Gasteiger partial charge < -0.3 is 5.11 Å². The highest BCUT2D eigenvalue weighted by Gasteiger charge is 2.37. The van der Waals surface area contributed by atoms with Crippen LogP contribution in [0.5, 0.6) is 0 Å². The lowest BCUT2D eigenvalue weighted by Crippen LogP contribution is -2.30. The van der Waals surface area contributed by atoms with Gasteiger partial charge in [-0.3, -0.25) is 0 Å². The number of alkyl halides is 3. The second-order valence-corrected chi connectivity index (χ2v) is 5.29. The Balaban J connectivity index is 2.28. The predicted molar refractivity (Wildman–Crippen MR) is 55.1 cm³/mol. The Labute approximate surface area is 93.5 Å². The van der Waals surface area contributed by atoms with E-state index < -0.39 is 12.3 Å². The zero-order valence-electron chi connectivity index (χ0n) is 7.91. The van der Waals surface area contributed by atoms with Gasteiger partial charge in [0.05, 0.1) is 0 Å². The van der Waals surface area contributed by atoms with Crippen molar-refractivity contribution in [3.63, 3.8) is 0 Å². The van der Waals surface area contributed by atoms with Gasteiger partial charge >= 0.3 is 6.18 Å². The van der Waals surface area contributed by atoms with Gasteiger partial charge in [-0.15, -0.1) is 11.3 Å². The Morgan fingerprint density at radius 2 is 2.27 bits per heavy atom. The Morgan fingerprint density at radius 3 is 2.73 bits per heavy atom. The van der Waals surface area contributed by atoms with Gasteiger partial charge in [0.1, 0.15) is 5.01 Å². The summed E-state index contributed by atoms with van der Waals surface area (Å²) < 4.78 is 35.7. The number of thioether (sulfide) groups is 1. The van der Waals surface area contributed by atoms with Gasteiger partial charge in [0.15, 0.2) is 6.10 Å². The van der Waals surface area contributed by atoms with E-state index in [0.29, 0.717) is 5.75 Å². The summed E-state index contributed by atoms with van der Waals surface area (Å²) in [4.78, 5) is 5.04. The number of nitrogens with zero attached hydrogens (tertiary/aromatic N) is 1. The molecule has 1 N–H and O–H groups in total. The fourth-order valence-corrected chi connectivity index (χ4v) is 2.67. The quantitative estimate of drug-likeness (QED) is 0.900. The van der Waals surface area contributed by atoms with Crippen molar-refractivity contribution >= 4 is 23.1 Å². The third kappa shape index (κ3) is 4.40. The summed E-state index contributed by atoms with van der Waals surface area (Å²) in [6.45, 7) is 1.89. The smallest absolute Gasteiger partial charge is 0.383 e. The normalized spacial score (nSPS) is 14.2. The first-order valence-electron chi connectivity index (χ1n) is 4.13. The van der Waals surface area contributed by atoms with Crippen LogP contribution in [0, 0.1) is 6.92 Å². The van der Waals surface area contributed by atoms with Gasteiger partial charge in [0.25, 0.3) is 0 Å². The summed E-state index contributed by atoms with van der Waals surface area (Å²) in [5.41, 5.74) is 0. The molecule has 0 saturated heterocycles. The molecule has 15 heavy (non-hydrogen) atoms. The Morgan fingerprint density at radius 1 is 1.60 bits per heavy atom. The highest BCUT2D eigenvalue weighted by atomic mass is 32.2. The van der Waals surface area contributed by atoms with E-state index in [1.54, 1.807) is 6.20 Å². The second-order valence-electron chi connectivity index (χ2n) is 2.94. The van der Waals surface area contributed by atoms with Crippen molar-refractivity contribution in [2.45, 2.75) is 25.0 Å². The molecule has 0 radical (unpaired) electrons. The Hall–Kier alpha value is -0.270. The monoisotopic (exact) mass is 257 g/mol. The maximum absolute atomic E-state index is 11.9. The molecule has 1 rings (SSSR count). The van der Waals surface area contributed by atoms with Crippen LogP contribution in [0.4, 0.5) is 13.2 Å².